The fraction of sp³-hybridized carbons (Fsp3) is 0.706. The third-order valence-corrected chi connectivity index (χ3v) is 5.24. The molecule has 1 atom stereocenters. The molecule has 1 aromatic rings. The molecular weight excluding hydrogens is 451 g/mol. The number of likely N-dealkylation sites (tertiary alicyclic amines) is 1. The minimum atomic E-state index is -0.0984. The average Bonchev–Trinajstić information content (AvgIpc) is 3.05. The molecule has 0 radical (unpaired) electrons. The van der Waals surface area contributed by atoms with Crippen molar-refractivity contribution in [2.75, 3.05) is 26.7 Å². The summed E-state index contributed by atoms with van der Waals surface area (Å²) in [5.74, 6) is 1.11. The van der Waals surface area contributed by atoms with E-state index in [1.807, 2.05) is 6.92 Å². The van der Waals surface area contributed by atoms with E-state index in [9.17, 15) is 4.79 Å². The standard InChI is InChI=1S/C17H28N4O2S.HI/c1-5-23-16(22)13-7-6-8-21(10-13)17(18-4)19-9-14-11-24-15(20-14)12(2)3;/h11-13H,5-10H2,1-4H3,(H,18,19);1H. The van der Waals surface area contributed by atoms with Crippen molar-refractivity contribution in [1.82, 2.24) is 15.2 Å². The zero-order valence-electron chi connectivity index (χ0n) is 15.4. The van der Waals surface area contributed by atoms with Crippen LogP contribution in [0.3, 0.4) is 0 Å². The van der Waals surface area contributed by atoms with Gasteiger partial charge < -0.3 is 15.0 Å². The van der Waals surface area contributed by atoms with Crippen LogP contribution < -0.4 is 5.32 Å². The van der Waals surface area contributed by atoms with Crippen LogP contribution >= 0.6 is 35.3 Å². The molecule has 0 aromatic carbocycles. The maximum Gasteiger partial charge on any atom is 0.310 e. The number of guanidine groups is 1. The van der Waals surface area contributed by atoms with Crippen molar-refractivity contribution in [2.24, 2.45) is 10.9 Å². The molecule has 142 valence electrons. The van der Waals surface area contributed by atoms with Gasteiger partial charge in [0, 0.05) is 31.4 Å². The third-order valence-electron chi connectivity index (χ3n) is 4.04. The van der Waals surface area contributed by atoms with E-state index in [1.165, 1.54) is 0 Å². The summed E-state index contributed by atoms with van der Waals surface area (Å²) in [5.41, 5.74) is 1.03. The normalized spacial score (nSPS) is 18.0. The van der Waals surface area contributed by atoms with E-state index < -0.39 is 0 Å². The molecule has 1 saturated heterocycles. The Bertz CT molecular complexity index is 577. The van der Waals surface area contributed by atoms with E-state index in [4.69, 9.17) is 4.74 Å². The van der Waals surface area contributed by atoms with Crippen molar-refractivity contribution in [2.45, 2.75) is 46.1 Å². The summed E-state index contributed by atoms with van der Waals surface area (Å²) < 4.78 is 5.16. The Balaban J connectivity index is 0.00000312. The lowest BCUT2D eigenvalue weighted by Crippen LogP contribution is -2.48. The van der Waals surface area contributed by atoms with Crippen molar-refractivity contribution in [1.29, 1.82) is 0 Å². The van der Waals surface area contributed by atoms with E-state index in [-0.39, 0.29) is 35.9 Å². The summed E-state index contributed by atoms with van der Waals surface area (Å²) >= 11 is 1.70. The first-order valence-electron chi connectivity index (χ1n) is 8.61. The molecule has 0 bridgehead atoms. The first-order valence-corrected chi connectivity index (χ1v) is 9.49. The molecule has 2 heterocycles. The van der Waals surface area contributed by atoms with E-state index >= 15 is 0 Å². The second-order valence-corrected chi connectivity index (χ2v) is 7.16. The highest BCUT2D eigenvalue weighted by atomic mass is 127. The van der Waals surface area contributed by atoms with Crippen molar-refractivity contribution < 1.29 is 9.53 Å². The molecule has 0 saturated carbocycles. The fourth-order valence-corrected chi connectivity index (χ4v) is 3.63. The topological polar surface area (TPSA) is 66.8 Å². The van der Waals surface area contributed by atoms with Gasteiger partial charge >= 0.3 is 5.97 Å². The minimum absolute atomic E-state index is 0. The van der Waals surface area contributed by atoms with Crippen LogP contribution in [0.2, 0.25) is 0 Å². The fourth-order valence-electron chi connectivity index (χ4n) is 2.79. The number of aliphatic imine (C=N–C) groups is 1. The van der Waals surface area contributed by atoms with Crippen molar-refractivity contribution >= 4 is 47.2 Å². The Morgan fingerprint density at radius 1 is 1.56 bits per heavy atom. The first-order chi connectivity index (χ1) is 11.5. The second kappa shape index (κ2) is 10.9. The highest BCUT2D eigenvalue weighted by Gasteiger charge is 2.28. The summed E-state index contributed by atoms with van der Waals surface area (Å²) in [6.07, 6.45) is 1.86. The number of hydrogen-bond acceptors (Lipinski definition) is 5. The lowest BCUT2D eigenvalue weighted by Gasteiger charge is -2.33. The van der Waals surface area contributed by atoms with Gasteiger partial charge in [-0.05, 0) is 19.8 Å². The van der Waals surface area contributed by atoms with Gasteiger partial charge in [-0.3, -0.25) is 9.79 Å². The molecule has 1 unspecified atom stereocenters. The number of aromatic nitrogens is 1. The van der Waals surface area contributed by atoms with Gasteiger partial charge in [-0.25, -0.2) is 4.98 Å². The summed E-state index contributed by atoms with van der Waals surface area (Å²) in [4.78, 5) is 23.1. The number of halogens is 1. The molecule has 6 nitrogen and oxygen atoms in total. The number of nitrogens with one attached hydrogen (secondary N) is 1. The van der Waals surface area contributed by atoms with Crippen LogP contribution in [0.4, 0.5) is 0 Å². The quantitative estimate of drug-likeness (QED) is 0.304. The number of ether oxygens (including phenoxy) is 1. The molecule has 0 aliphatic carbocycles. The molecule has 0 spiro atoms. The van der Waals surface area contributed by atoms with E-state index in [0.29, 0.717) is 25.6 Å². The van der Waals surface area contributed by atoms with Gasteiger partial charge in [-0.15, -0.1) is 35.3 Å². The van der Waals surface area contributed by atoms with Gasteiger partial charge in [-0.2, -0.15) is 0 Å². The van der Waals surface area contributed by atoms with E-state index in [1.54, 1.807) is 18.4 Å². The molecule has 8 heteroatoms. The zero-order chi connectivity index (χ0) is 17.5. The monoisotopic (exact) mass is 480 g/mol. The Morgan fingerprint density at radius 3 is 2.92 bits per heavy atom. The zero-order valence-corrected chi connectivity index (χ0v) is 18.6. The van der Waals surface area contributed by atoms with Crippen molar-refractivity contribution in [3.05, 3.63) is 16.1 Å². The largest absolute Gasteiger partial charge is 0.466 e. The average molecular weight is 480 g/mol. The van der Waals surface area contributed by atoms with Crippen LogP contribution in [-0.4, -0.2) is 48.6 Å². The molecule has 1 aliphatic rings. The van der Waals surface area contributed by atoms with Crippen LogP contribution in [0.5, 0.6) is 0 Å². The SMILES string of the molecule is CCOC(=O)C1CCCN(C(=NC)NCc2csc(C(C)C)n2)C1.I. The lowest BCUT2D eigenvalue weighted by molar-refractivity contribution is -0.149. The molecule has 1 aliphatic heterocycles. The Morgan fingerprint density at radius 2 is 2.32 bits per heavy atom. The van der Waals surface area contributed by atoms with Crippen LogP contribution in [0.1, 0.15) is 50.2 Å². The van der Waals surface area contributed by atoms with Crippen LogP contribution in [0, 0.1) is 5.92 Å². The number of thiazole rings is 1. The highest BCUT2D eigenvalue weighted by molar-refractivity contribution is 14.0. The number of hydrogen-bond donors (Lipinski definition) is 1. The third kappa shape index (κ3) is 6.40. The van der Waals surface area contributed by atoms with Crippen LogP contribution in [0.25, 0.3) is 0 Å². The number of rotatable bonds is 5. The van der Waals surface area contributed by atoms with Crippen LogP contribution in [0.15, 0.2) is 10.4 Å². The van der Waals surface area contributed by atoms with Gasteiger partial charge in [0.25, 0.3) is 0 Å². The molecule has 1 aromatic heterocycles. The maximum absolute atomic E-state index is 12.0. The van der Waals surface area contributed by atoms with Crippen molar-refractivity contribution in [3.8, 4) is 0 Å². The molecular formula is C17H29IN4O2S. The highest BCUT2D eigenvalue weighted by Crippen LogP contribution is 2.20. The van der Waals surface area contributed by atoms with E-state index in [2.05, 4.69) is 39.4 Å². The van der Waals surface area contributed by atoms with Gasteiger partial charge in [0.1, 0.15) is 0 Å². The summed E-state index contributed by atoms with van der Waals surface area (Å²) in [6.45, 7) is 8.80. The van der Waals surface area contributed by atoms with Crippen molar-refractivity contribution in [3.63, 3.8) is 0 Å². The molecule has 0 amide bonds. The second-order valence-electron chi connectivity index (χ2n) is 6.27. The lowest BCUT2D eigenvalue weighted by atomic mass is 9.98. The molecule has 1 N–H and O–H groups in total. The number of carbonyl (C=O) groups is 1. The summed E-state index contributed by atoms with van der Waals surface area (Å²) in [5, 5.41) is 6.61. The Kier molecular flexibility index (Phi) is 9.70. The first kappa shape index (κ1) is 22.1. The van der Waals surface area contributed by atoms with Gasteiger partial charge in [0.2, 0.25) is 0 Å². The minimum Gasteiger partial charge on any atom is -0.466 e. The number of piperidine rings is 1. The maximum atomic E-state index is 12.0. The van der Waals surface area contributed by atoms with Crippen LogP contribution in [-0.2, 0) is 16.1 Å². The van der Waals surface area contributed by atoms with Gasteiger partial charge in [-0.1, -0.05) is 13.8 Å². The number of carbonyl (C=O) groups excluding carboxylic acids is 1. The molecule has 25 heavy (non-hydrogen) atoms. The summed E-state index contributed by atoms with van der Waals surface area (Å²) in [7, 11) is 1.77. The smallest absolute Gasteiger partial charge is 0.310 e. The predicted molar refractivity (Wildman–Crippen MR) is 113 cm³/mol. The van der Waals surface area contributed by atoms with Gasteiger partial charge in [0.05, 0.1) is 29.8 Å². The molecule has 1 fully saturated rings. The predicted octanol–water partition coefficient (Wildman–Crippen LogP) is 3.24. The number of esters is 1. The Hall–Kier alpha value is -0.900. The Labute approximate surface area is 171 Å². The van der Waals surface area contributed by atoms with E-state index in [0.717, 1.165) is 36.0 Å². The molecule has 2 rings (SSSR count). The number of nitrogens with zero attached hydrogens (tertiary/aromatic N) is 3. The van der Waals surface area contributed by atoms with Gasteiger partial charge in [0.15, 0.2) is 5.96 Å². The summed E-state index contributed by atoms with van der Waals surface area (Å²) in [6, 6.07) is 0.